The van der Waals surface area contributed by atoms with Crippen LogP contribution in [0.25, 0.3) is 0 Å². The van der Waals surface area contributed by atoms with Crippen LogP contribution in [0, 0.1) is 0 Å². The molecule has 2 atom stereocenters. The van der Waals surface area contributed by atoms with Crippen LogP contribution in [-0.4, -0.2) is 30.2 Å². The van der Waals surface area contributed by atoms with Gasteiger partial charge in [0.2, 0.25) is 0 Å². The number of Topliss-reactive ketones (excluding diaryl/α,β-unsaturated/α-hetero) is 1. The third-order valence-electron chi connectivity index (χ3n) is 1.62. The highest BCUT2D eigenvalue weighted by Gasteiger charge is 2.30. The lowest BCUT2D eigenvalue weighted by Crippen LogP contribution is -2.10. The molecule has 52 valence electrons. The van der Waals surface area contributed by atoms with Crippen LogP contribution >= 0.6 is 0 Å². The van der Waals surface area contributed by atoms with Crippen molar-refractivity contribution >= 4 is 5.78 Å². The SMILES string of the molecule is COC1CC(=O)C(O)C1. The topological polar surface area (TPSA) is 46.5 Å². The molecule has 0 amide bonds. The van der Waals surface area contributed by atoms with Crippen molar-refractivity contribution in [1.82, 2.24) is 0 Å². The van der Waals surface area contributed by atoms with Gasteiger partial charge in [0, 0.05) is 20.0 Å². The molecule has 3 heteroatoms. The van der Waals surface area contributed by atoms with Crippen LogP contribution in [-0.2, 0) is 9.53 Å². The van der Waals surface area contributed by atoms with Crippen molar-refractivity contribution in [3.63, 3.8) is 0 Å². The lowest BCUT2D eigenvalue weighted by molar-refractivity contribution is -0.124. The first kappa shape index (κ1) is 6.71. The summed E-state index contributed by atoms with van der Waals surface area (Å²) in [6, 6.07) is 0. The van der Waals surface area contributed by atoms with Gasteiger partial charge in [0.15, 0.2) is 5.78 Å². The molecule has 1 N–H and O–H groups in total. The molecular weight excluding hydrogens is 120 g/mol. The van der Waals surface area contributed by atoms with Crippen molar-refractivity contribution < 1.29 is 14.6 Å². The second-order valence-corrected chi connectivity index (χ2v) is 2.28. The minimum atomic E-state index is -0.769. The second kappa shape index (κ2) is 2.45. The summed E-state index contributed by atoms with van der Waals surface area (Å²) in [5.74, 6) is -0.0955. The number of ether oxygens (including phenoxy) is 1. The van der Waals surface area contributed by atoms with Crippen molar-refractivity contribution in [1.29, 1.82) is 0 Å². The Morgan fingerprint density at radius 3 is 2.67 bits per heavy atom. The van der Waals surface area contributed by atoms with Crippen LogP contribution in [0.2, 0.25) is 0 Å². The lowest BCUT2D eigenvalue weighted by atomic mass is 10.3. The summed E-state index contributed by atoms with van der Waals surface area (Å²) < 4.78 is 4.87. The van der Waals surface area contributed by atoms with Crippen LogP contribution in [0.5, 0.6) is 0 Å². The molecule has 0 aromatic carbocycles. The van der Waals surface area contributed by atoms with E-state index in [1.165, 1.54) is 0 Å². The van der Waals surface area contributed by atoms with Crippen LogP contribution in [0.4, 0.5) is 0 Å². The van der Waals surface area contributed by atoms with Crippen LogP contribution < -0.4 is 0 Å². The number of aliphatic hydroxyl groups excluding tert-OH is 1. The zero-order valence-electron chi connectivity index (χ0n) is 5.33. The highest BCUT2D eigenvalue weighted by Crippen LogP contribution is 2.17. The van der Waals surface area contributed by atoms with E-state index >= 15 is 0 Å². The fourth-order valence-corrected chi connectivity index (χ4v) is 1.00. The number of aliphatic hydroxyl groups is 1. The molecule has 2 unspecified atom stereocenters. The number of hydrogen-bond acceptors (Lipinski definition) is 3. The van der Waals surface area contributed by atoms with Crippen LogP contribution in [0.1, 0.15) is 12.8 Å². The van der Waals surface area contributed by atoms with E-state index in [4.69, 9.17) is 9.84 Å². The molecule has 0 radical (unpaired) electrons. The molecule has 0 saturated heterocycles. The Morgan fingerprint density at radius 2 is 2.44 bits per heavy atom. The molecule has 1 saturated carbocycles. The van der Waals surface area contributed by atoms with Gasteiger partial charge in [-0.25, -0.2) is 0 Å². The Labute approximate surface area is 53.6 Å². The highest BCUT2D eigenvalue weighted by molar-refractivity contribution is 5.85. The zero-order chi connectivity index (χ0) is 6.85. The maximum atomic E-state index is 10.6. The Morgan fingerprint density at radius 1 is 1.78 bits per heavy atom. The van der Waals surface area contributed by atoms with Gasteiger partial charge in [-0.2, -0.15) is 0 Å². The van der Waals surface area contributed by atoms with E-state index in [-0.39, 0.29) is 11.9 Å². The van der Waals surface area contributed by atoms with Crippen molar-refractivity contribution in [3.8, 4) is 0 Å². The average molecular weight is 130 g/mol. The molecule has 1 aliphatic carbocycles. The normalized spacial score (nSPS) is 35.6. The summed E-state index contributed by atoms with van der Waals surface area (Å²) in [6.07, 6.45) is 0.0231. The van der Waals surface area contributed by atoms with E-state index < -0.39 is 6.10 Å². The second-order valence-electron chi connectivity index (χ2n) is 2.28. The molecule has 1 rings (SSSR count). The molecule has 0 aromatic heterocycles. The fourth-order valence-electron chi connectivity index (χ4n) is 1.00. The van der Waals surface area contributed by atoms with E-state index in [2.05, 4.69) is 0 Å². The van der Waals surface area contributed by atoms with Gasteiger partial charge in [-0.3, -0.25) is 4.79 Å². The number of carbonyl (C=O) groups excluding carboxylic acids is 1. The molecule has 1 fully saturated rings. The van der Waals surface area contributed by atoms with Crippen molar-refractivity contribution in [2.24, 2.45) is 0 Å². The minimum Gasteiger partial charge on any atom is -0.385 e. The molecule has 9 heavy (non-hydrogen) atoms. The first-order valence-electron chi connectivity index (χ1n) is 2.97. The maximum Gasteiger partial charge on any atom is 0.163 e. The molecule has 3 nitrogen and oxygen atoms in total. The predicted octanol–water partition coefficient (Wildman–Crippen LogP) is -0.275. The van der Waals surface area contributed by atoms with Gasteiger partial charge in [0.25, 0.3) is 0 Å². The fraction of sp³-hybridized carbons (Fsp3) is 0.833. The smallest absolute Gasteiger partial charge is 0.163 e. The number of methoxy groups -OCH3 is 1. The highest BCUT2D eigenvalue weighted by atomic mass is 16.5. The van der Waals surface area contributed by atoms with Crippen LogP contribution in [0.3, 0.4) is 0 Å². The molecular formula is C6H10O3. The van der Waals surface area contributed by atoms with Crippen LogP contribution in [0.15, 0.2) is 0 Å². The third kappa shape index (κ3) is 1.28. The minimum absolute atomic E-state index is 0.0486. The number of hydrogen-bond donors (Lipinski definition) is 1. The van der Waals surface area contributed by atoms with E-state index in [1.54, 1.807) is 7.11 Å². The summed E-state index contributed by atoms with van der Waals surface area (Å²) in [6.45, 7) is 0. The zero-order valence-corrected chi connectivity index (χ0v) is 5.33. The summed E-state index contributed by atoms with van der Waals surface area (Å²) in [4.78, 5) is 10.6. The van der Waals surface area contributed by atoms with E-state index in [9.17, 15) is 4.79 Å². The molecule has 1 aliphatic rings. The van der Waals surface area contributed by atoms with Gasteiger partial charge >= 0.3 is 0 Å². The molecule has 0 aromatic rings. The summed E-state index contributed by atoms with van der Waals surface area (Å²) >= 11 is 0. The van der Waals surface area contributed by atoms with Crippen molar-refractivity contribution in [2.75, 3.05) is 7.11 Å². The average Bonchev–Trinajstić information content (AvgIpc) is 2.13. The van der Waals surface area contributed by atoms with Crippen molar-refractivity contribution in [2.45, 2.75) is 25.0 Å². The Kier molecular flexibility index (Phi) is 1.83. The first-order chi connectivity index (χ1) is 4.24. The maximum absolute atomic E-state index is 10.6. The standard InChI is InChI=1S/C6H10O3/c1-9-4-2-5(7)6(8)3-4/h4-5,7H,2-3H2,1H3. The molecule has 0 bridgehead atoms. The molecule has 0 spiro atoms. The number of rotatable bonds is 1. The lowest BCUT2D eigenvalue weighted by Gasteiger charge is -2.02. The van der Waals surface area contributed by atoms with Gasteiger partial charge < -0.3 is 9.84 Å². The van der Waals surface area contributed by atoms with Gasteiger partial charge in [-0.05, 0) is 0 Å². The van der Waals surface area contributed by atoms with Gasteiger partial charge in [-0.15, -0.1) is 0 Å². The van der Waals surface area contributed by atoms with Gasteiger partial charge in [0.05, 0.1) is 6.10 Å². The molecule has 0 heterocycles. The van der Waals surface area contributed by atoms with E-state index in [1.807, 2.05) is 0 Å². The van der Waals surface area contributed by atoms with Gasteiger partial charge in [-0.1, -0.05) is 0 Å². The first-order valence-corrected chi connectivity index (χ1v) is 2.97. The monoisotopic (exact) mass is 130 g/mol. The Balaban J connectivity index is 2.44. The predicted molar refractivity (Wildman–Crippen MR) is 31.0 cm³/mol. The summed E-state index contributed by atoms with van der Waals surface area (Å²) in [5, 5.41) is 8.87. The largest absolute Gasteiger partial charge is 0.385 e. The van der Waals surface area contributed by atoms with Crippen molar-refractivity contribution in [3.05, 3.63) is 0 Å². The number of ketones is 1. The Bertz CT molecular complexity index is 121. The quantitative estimate of drug-likeness (QED) is 0.531. The van der Waals surface area contributed by atoms with E-state index in [0.717, 1.165) is 0 Å². The summed E-state index contributed by atoms with van der Waals surface area (Å²) in [5.41, 5.74) is 0. The number of carbonyl (C=O) groups is 1. The third-order valence-corrected chi connectivity index (χ3v) is 1.62. The molecule has 0 aliphatic heterocycles. The summed E-state index contributed by atoms with van der Waals surface area (Å²) in [7, 11) is 1.55. The van der Waals surface area contributed by atoms with E-state index in [0.29, 0.717) is 12.8 Å². The Hall–Kier alpha value is -0.410. The van der Waals surface area contributed by atoms with Gasteiger partial charge in [0.1, 0.15) is 6.10 Å².